The summed E-state index contributed by atoms with van der Waals surface area (Å²) in [6, 6.07) is 0.499. The van der Waals surface area contributed by atoms with E-state index in [2.05, 4.69) is 14.3 Å². The third kappa shape index (κ3) is 6.55. The molecule has 0 unspecified atom stereocenters. The number of nitrogens with zero attached hydrogens (tertiary/aromatic N) is 2. The highest BCUT2D eigenvalue weighted by Gasteiger charge is 2.49. The monoisotopic (exact) mass is 531 g/mol. The first-order valence-corrected chi connectivity index (χ1v) is 10.1. The summed E-state index contributed by atoms with van der Waals surface area (Å²) in [6.07, 6.45) is -11.6. The Morgan fingerprint density at radius 3 is 2.56 bits per heavy atom. The minimum atomic E-state index is -5.10. The fourth-order valence-electron chi connectivity index (χ4n) is 3.59. The predicted octanol–water partition coefficient (Wildman–Crippen LogP) is 2.69. The third-order valence-electron chi connectivity index (χ3n) is 5.02. The number of esters is 1. The van der Waals surface area contributed by atoms with Crippen molar-refractivity contribution in [1.29, 1.82) is 0 Å². The Hall–Kier alpha value is -3.12. The van der Waals surface area contributed by atoms with Crippen LogP contribution in [0, 0.1) is 6.92 Å². The molecule has 11 nitrogen and oxygen atoms in total. The van der Waals surface area contributed by atoms with Crippen LogP contribution >= 0.6 is 0 Å². The SMILES string of the molecule is Cc1cc(OC(F)(F)F)cc2c1O[C@H](C(F)(F)F)C(C(=O)OCONN(O)N1CCC[C@H]1C(=O)O)=C2. The van der Waals surface area contributed by atoms with Crippen molar-refractivity contribution in [2.45, 2.75) is 44.4 Å². The van der Waals surface area contributed by atoms with Crippen molar-refractivity contribution in [2.24, 2.45) is 0 Å². The van der Waals surface area contributed by atoms with Crippen molar-refractivity contribution >= 4 is 18.0 Å². The molecule has 2 heterocycles. The van der Waals surface area contributed by atoms with E-state index >= 15 is 0 Å². The van der Waals surface area contributed by atoms with Crippen molar-refractivity contribution in [3.05, 3.63) is 28.8 Å². The maximum atomic E-state index is 13.6. The summed E-state index contributed by atoms with van der Waals surface area (Å²) in [5, 5.41) is 20.1. The van der Waals surface area contributed by atoms with Gasteiger partial charge in [0.15, 0.2) is 0 Å². The van der Waals surface area contributed by atoms with Crippen LogP contribution in [0.4, 0.5) is 26.3 Å². The Morgan fingerprint density at radius 1 is 1.25 bits per heavy atom. The zero-order valence-corrected chi connectivity index (χ0v) is 18.2. The lowest BCUT2D eigenvalue weighted by Crippen LogP contribution is -2.53. The summed E-state index contributed by atoms with van der Waals surface area (Å²) in [5.74, 6) is -3.95. The number of nitrogens with one attached hydrogen (secondary N) is 1. The van der Waals surface area contributed by atoms with Gasteiger partial charge in [-0.1, -0.05) is 5.59 Å². The lowest BCUT2D eigenvalue weighted by molar-refractivity contribution is -0.355. The van der Waals surface area contributed by atoms with Gasteiger partial charge in [0.2, 0.25) is 12.9 Å². The van der Waals surface area contributed by atoms with Crippen LogP contribution in [0.5, 0.6) is 11.5 Å². The van der Waals surface area contributed by atoms with Gasteiger partial charge >= 0.3 is 24.5 Å². The normalized spacial score (nSPS) is 20.5. The van der Waals surface area contributed by atoms with E-state index < -0.39 is 60.5 Å². The molecule has 2 atom stereocenters. The minimum absolute atomic E-state index is 0.109. The molecule has 2 aliphatic rings. The second-order valence-corrected chi connectivity index (χ2v) is 7.58. The zero-order valence-electron chi connectivity index (χ0n) is 18.2. The molecular formula is C19H19F6N3O8. The Labute approximate surface area is 198 Å². The number of fused-ring (bicyclic) bond motifs is 1. The van der Waals surface area contributed by atoms with Crippen molar-refractivity contribution in [3.63, 3.8) is 0 Å². The lowest BCUT2D eigenvalue weighted by Gasteiger charge is -2.29. The molecule has 1 fully saturated rings. The number of rotatable bonds is 8. The second kappa shape index (κ2) is 10.5. The highest BCUT2D eigenvalue weighted by molar-refractivity contribution is 5.96. The molecule has 0 aromatic heterocycles. The van der Waals surface area contributed by atoms with E-state index in [-0.39, 0.29) is 29.4 Å². The summed E-state index contributed by atoms with van der Waals surface area (Å²) in [4.78, 5) is 28.1. The first kappa shape index (κ1) is 27.5. The quantitative estimate of drug-likeness (QED) is 0.151. The van der Waals surface area contributed by atoms with Crippen molar-refractivity contribution < 1.29 is 65.3 Å². The number of hydrogen-bond donors (Lipinski definition) is 3. The maximum Gasteiger partial charge on any atom is 0.573 e. The molecule has 1 saturated heterocycles. The molecular weight excluding hydrogens is 512 g/mol. The van der Waals surface area contributed by atoms with E-state index in [0.29, 0.717) is 12.5 Å². The Kier molecular flexibility index (Phi) is 7.99. The number of hydrogen-bond acceptors (Lipinski definition) is 10. The van der Waals surface area contributed by atoms with Gasteiger partial charge in [0.25, 0.3) is 0 Å². The number of carbonyl (C=O) groups is 2. The molecule has 36 heavy (non-hydrogen) atoms. The van der Waals surface area contributed by atoms with Crippen LogP contribution in [0.15, 0.2) is 17.7 Å². The van der Waals surface area contributed by atoms with Crippen LogP contribution in [-0.2, 0) is 19.2 Å². The average molecular weight is 531 g/mol. The number of ether oxygens (including phenoxy) is 3. The van der Waals surface area contributed by atoms with Gasteiger partial charge < -0.3 is 19.3 Å². The predicted molar refractivity (Wildman–Crippen MR) is 102 cm³/mol. The van der Waals surface area contributed by atoms with Crippen LogP contribution in [0.1, 0.15) is 24.0 Å². The average Bonchev–Trinajstić information content (AvgIpc) is 3.24. The molecule has 17 heteroatoms. The van der Waals surface area contributed by atoms with E-state index in [1.54, 1.807) is 0 Å². The maximum absolute atomic E-state index is 13.6. The number of alkyl halides is 6. The number of carbonyl (C=O) groups excluding carboxylic acids is 1. The van der Waals surface area contributed by atoms with E-state index in [1.165, 1.54) is 6.92 Å². The number of carboxylic acids is 1. The number of carboxylic acid groups (broad SMARTS) is 1. The zero-order chi connectivity index (χ0) is 26.8. The summed E-state index contributed by atoms with van der Waals surface area (Å²) in [6.45, 7) is 0.286. The molecule has 0 amide bonds. The second-order valence-electron chi connectivity index (χ2n) is 7.58. The molecule has 0 aliphatic carbocycles. The summed E-state index contributed by atoms with van der Waals surface area (Å²) < 4.78 is 91.6. The third-order valence-corrected chi connectivity index (χ3v) is 5.02. The Bertz CT molecular complexity index is 1030. The van der Waals surface area contributed by atoms with Gasteiger partial charge in [-0.2, -0.15) is 18.2 Å². The number of aliphatic carboxylic acids is 1. The molecule has 2 aliphatic heterocycles. The number of halogens is 6. The number of aryl methyl sites for hydroxylation is 1. The lowest BCUT2D eigenvalue weighted by atomic mass is 9.99. The van der Waals surface area contributed by atoms with E-state index in [9.17, 15) is 41.1 Å². The number of hydrazine groups is 2. The van der Waals surface area contributed by atoms with Gasteiger partial charge in [0.1, 0.15) is 17.5 Å². The molecule has 0 spiro atoms. The first-order valence-electron chi connectivity index (χ1n) is 10.1. The topological polar surface area (TPSA) is 130 Å². The largest absolute Gasteiger partial charge is 0.573 e. The Morgan fingerprint density at radius 2 is 1.94 bits per heavy atom. The van der Waals surface area contributed by atoms with E-state index in [0.717, 1.165) is 17.1 Å². The van der Waals surface area contributed by atoms with Gasteiger partial charge in [0, 0.05) is 12.1 Å². The Balaban J connectivity index is 1.70. The van der Waals surface area contributed by atoms with Gasteiger partial charge in [-0.05, 0) is 48.8 Å². The van der Waals surface area contributed by atoms with E-state index in [1.807, 2.05) is 5.59 Å². The smallest absolute Gasteiger partial charge is 0.480 e. The minimum Gasteiger partial charge on any atom is -0.480 e. The molecule has 0 radical (unpaired) electrons. The van der Waals surface area contributed by atoms with Gasteiger partial charge in [0.05, 0.1) is 5.57 Å². The van der Waals surface area contributed by atoms with Crippen LogP contribution in [0.25, 0.3) is 6.08 Å². The summed E-state index contributed by atoms with van der Waals surface area (Å²) in [5.41, 5.74) is 0.346. The molecule has 0 saturated carbocycles. The highest BCUT2D eigenvalue weighted by atomic mass is 19.4. The highest BCUT2D eigenvalue weighted by Crippen LogP contribution is 2.41. The van der Waals surface area contributed by atoms with Crippen molar-refractivity contribution in [2.75, 3.05) is 13.3 Å². The first-order chi connectivity index (χ1) is 16.7. The molecule has 3 rings (SSSR count). The van der Waals surface area contributed by atoms with Crippen LogP contribution < -0.4 is 15.1 Å². The van der Waals surface area contributed by atoms with Crippen molar-refractivity contribution in [1.82, 2.24) is 15.9 Å². The fraction of sp³-hybridized carbons (Fsp3) is 0.474. The van der Waals surface area contributed by atoms with Crippen LogP contribution in [-0.4, -0.2) is 70.6 Å². The summed E-state index contributed by atoms with van der Waals surface area (Å²) in [7, 11) is 0. The molecule has 200 valence electrons. The van der Waals surface area contributed by atoms with Gasteiger partial charge in [-0.3, -0.25) is 10.0 Å². The van der Waals surface area contributed by atoms with Crippen molar-refractivity contribution in [3.8, 4) is 11.5 Å². The molecule has 0 bridgehead atoms. The fourth-order valence-corrected chi connectivity index (χ4v) is 3.59. The van der Waals surface area contributed by atoms with E-state index in [4.69, 9.17) is 9.84 Å². The van der Waals surface area contributed by atoms with Crippen LogP contribution in [0.2, 0.25) is 0 Å². The molecule has 1 aromatic carbocycles. The van der Waals surface area contributed by atoms with Gasteiger partial charge in [-0.25, -0.2) is 9.63 Å². The molecule has 3 N–H and O–H groups in total. The van der Waals surface area contributed by atoms with Gasteiger partial charge in [-0.15, -0.1) is 13.2 Å². The van der Waals surface area contributed by atoms with Crippen LogP contribution in [0.3, 0.4) is 0 Å². The standard InChI is InChI=1S/C19H19F6N3O8/c1-9-5-11(36-19(23,24)25)6-10-7-12(15(18(20,21)22)35-14(9)10)17(31)33-8-34-26-28(32)27-4-2-3-13(27)16(29)30/h5-7,13,15,26,32H,2-4,8H2,1H3,(H,29,30)/t13-,15-/m0/s1. The summed E-state index contributed by atoms with van der Waals surface area (Å²) >= 11 is 0. The molecule has 1 aromatic rings. The number of benzene rings is 1.